The Kier molecular flexibility index (Phi) is 9.18. The molecule has 0 bridgehead atoms. The van der Waals surface area contributed by atoms with Gasteiger partial charge >= 0.3 is 184 Å². The zero-order chi connectivity index (χ0) is 23.1. The van der Waals surface area contributed by atoms with E-state index in [9.17, 15) is 19.5 Å². The fraction of sp³-hybridized carbons (Fsp3) is 0.571. The van der Waals surface area contributed by atoms with Gasteiger partial charge in [0.05, 0.1) is 0 Å². The van der Waals surface area contributed by atoms with E-state index in [1.165, 1.54) is 0 Å². The van der Waals surface area contributed by atoms with E-state index >= 15 is 0 Å². The number of carbonyl (C=O) groups excluding carboxylic acids is 2. The third-order valence-electron chi connectivity index (χ3n) is 3.47. The molecule has 0 heterocycles. The number of methoxy groups -OCH3 is 1. The van der Waals surface area contributed by atoms with Crippen LogP contribution in [0.3, 0.4) is 0 Å². The predicted octanol–water partition coefficient (Wildman–Crippen LogP) is 3.01. The van der Waals surface area contributed by atoms with Gasteiger partial charge in [-0.2, -0.15) is 0 Å². The average Bonchev–Trinajstić information content (AvgIpc) is 2.58. The van der Waals surface area contributed by atoms with Crippen LogP contribution < -0.4 is 10.1 Å². The van der Waals surface area contributed by atoms with Crippen LogP contribution in [0.1, 0.15) is 47.1 Å². The Bertz CT molecular complexity index is 735. The number of amides is 1. The number of ether oxygens (including phenoxy) is 3. The summed E-state index contributed by atoms with van der Waals surface area (Å²) >= 11 is -0.519. The summed E-state index contributed by atoms with van der Waals surface area (Å²) in [5.74, 6) is -1.29. The van der Waals surface area contributed by atoms with Crippen molar-refractivity contribution in [1.29, 1.82) is 0 Å². The van der Waals surface area contributed by atoms with Gasteiger partial charge < -0.3 is 0 Å². The number of hydrogen-bond acceptors (Lipinski definition) is 6. The van der Waals surface area contributed by atoms with E-state index in [0.717, 1.165) is 5.56 Å². The van der Waals surface area contributed by atoms with Crippen molar-refractivity contribution in [2.24, 2.45) is 0 Å². The SMILES string of the molecule is COc1ccc(C[Se]C(C(=O)OC(C)(C)C)[C@H](NC(=O)OC(C)(C)C)C(=O)O)cc1. The number of hydrogen-bond donors (Lipinski definition) is 2. The van der Waals surface area contributed by atoms with Gasteiger partial charge in [-0.3, -0.25) is 0 Å². The summed E-state index contributed by atoms with van der Waals surface area (Å²) < 4.78 is 15.7. The van der Waals surface area contributed by atoms with Crippen LogP contribution in [0.15, 0.2) is 24.3 Å². The maximum atomic E-state index is 12.8. The number of rotatable bonds is 8. The van der Waals surface area contributed by atoms with E-state index < -0.39 is 55.0 Å². The number of benzene rings is 1. The molecule has 2 N–H and O–H groups in total. The summed E-state index contributed by atoms with van der Waals surface area (Å²) in [6, 6.07) is 5.82. The summed E-state index contributed by atoms with van der Waals surface area (Å²) in [5, 5.41) is 12.5. The molecule has 1 amide bonds. The molecule has 0 aliphatic carbocycles. The van der Waals surface area contributed by atoms with Gasteiger partial charge in [-0.25, -0.2) is 0 Å². The molecule has 0 fully saturated rings. The number of nitrogens with one attached hydrogen (secondary N) is 1. The zero-order valence-corrected chi connectivity index (χ0v) is 20.2. The summed E-state index contributed by atoms with van der Waals surface area (Å²) in [5.41, 5.74) is -0.672. The van der Waals surface area contributed by atoms with Crippen molar-refractivity contribution in [3.63, 3.8) is 0 Å². The number of aliphatic carboxylic acids is 1. The average molecular weight is 488 g/mol. The van der Waals surface area contributed by atoms with Gasteiger partial charge in [-0.1, -0.05) is 0 Å². The van der Waals surface area contributed by atoms with Crippen LogP contribution in [0.4, 0.5) is 4.79 Å². The number of carbonyl (C=O) groups is 3. The van der Waals surface area contributed by atoms with Crippen molar-refractivity contribution < 1.29 is 33.7 Å². The van der Waals surface area contributed by atoms with Gasteiger partial charge in [-0.05, 0) is 0 Å². The van der Waals surface area contributed by atoms with Crippen molar-refractivity contribution in [3.05, 3.63) is 29.8 Å². The van der Waals surface area contributed by atoms with Crippen molar-refractivity contribution in [2.75, 3.05) is 7.11 Å². The third-order valence-corrected chi connectivity index (χ3v) is 6.25. The first-order valence-corrected chi connectivity index (χ1v) is 11.6. The summed E-state index contributed by atoms with van der Waals surface area (Å²) in [7, 11) is 1.57. The van der Waals surface area contributed by atoms with Crippen LogP contribution in [0.25, 0.3) is 0 Å². The Labute approximate surface area is 183 Å². The topological polar surface area (TPSA) is 111 Å². The van der Waals surface area contributed by atoms with Crippen LogP contribution in [0.5, 0.6) is 5.75 Å². The van der Waals surface area contributed by atoms with Crippen LogP contribution in [0, 0.1) is 0 Å². The van der Waals surface area contributed by atoms with Gasteiger partial charge in [0.25, 0.3) is 0 Å². The first-order valence-electron chi connectivity index (χ1n) is 9.41. The Hall–Kier alpha value is -2.25. The van der Waals surface area contributed by atoms with E-state index in [0.29, 0.717) is 11.1 Å². The quantitative estimate of drug-likeness (QED) is 0.428. The molecule has 0 aliphatic rings. The van der Waals surface area contributed by atoms with Crippen molar-refractivity contribution in [1.82, 2.24) is 5.32 Å². The van der Waals surface area contributed by atoms with Crippen LogP contribution in [-0.2, 0) is 24.4 Å². The summed E-state index contributed by atoms with van der Waals surface area (Å²) in [4.78, 5) is 35.9. The van der Waals surface area contributed by atoms with Crippen molar-refractivity contribution in [2.45, 2.75) is 68.9 Å². The molecule has 0 aromatic heterocycles. The molecule has 0 aliphatic heterocycles. The molecular formula is C21H31NO7Se. The molecule has 0 spiro atoms. The molecule has 2 atom stereocenters. The van der Waals surface area contributed by atoms with Crippen LogP contribution in [0.2, 0.25) is 4.82 Å². The third kappa shape index (κ3) is 9.50. The van der Waals surface area contributed by atoms with Crippen LogP contribution >= 0.6 is 0 Å². The number of alkyl carbamates (subject to hydrolysis) is 1. The number of carboxylic acids is 1. The first-order chi connectivity index (χ1) is 13.7. The van der Waals surface area contributed by atoms with Crippen LogP contribution in [-0.4, -0.2) is 62.4 Å². The molecule has 8 nitrogen and oxygen atoms in total. The summed E-state index contributed by atoms with van der Waals surface area (Å²) in [6.45, 7) is 10.1. The second kappa shape index (κ2) is 10.7. The van der Waals surface area contributed by atoms with Gasteiger partial charge in [0.15, 0.2) is 0 Å². The predicted molar refractivity (Wildman–Crippen MR) is 113 cm³/mol. The van der Waals surface area contributed by atoms with Gasteiger partial charge in [0.2, 0.25) is 0 Å². The summed E-state index contributed by atoms with van der Waals surface area (Å²) in [6.07, 6.45) is -0.899. The van der Waals surface area contributed by atoms with E-state index in [4.69, 9.17) is 14.2 Å². The van der Waals surface area contributed by atoms with Crippen molar-refractivity contribution in [3.8, 4) is 5.75 Å². The second-order valence-corrected chi connectivity index (χ2v) is 10.9. The Balaban J connectivity index is 3.06. The monoisotopic (exact) mass is 489 g/mol. The Morgan fingerprint density at radius 3 is 1.97 bits per heavy atom. The maximum absolute atomic E-state index is 12.8. The molecule has 9 heteroatoms. The molecule has 1 unspecified atom stereocenters. The molecule has 0 radical (unpaired) electrons. The molecular weight excluding hydrogens is 457 g/mol. The number of esters is 1. The van der Waals surface area contributed by atoms with E-state index in [1.807, 2.05) is 12.1 Å². The minimum absolute atomic E-state index is 0.473. The van der Waals surface area contributed by atoms with E-state index in [2.05, 4.69) is 5.32 Å². The van der Waals surface area contributed by atoms with Gasteiger partial charge in [-0.15, -0.1) is 0 Å². The fourth-order valence-corrected chi connectivity index (χ4v) is 4.63. The van der Waals surface area contributed by atoms with E-state index in [-0.39, 0.29) is 0 Å². The molecule has 1 rings (SSSR count). The van der Waals surface area contributed by atoms with Crippen molar-refractivity contribution >= 4 is 33.0 Å². The minimum atomic E-state index is -1.46. The molecule has 0 saturated carbocycles. The normalized spacial score (nSPS) is 13.7. The molecule has 30 heavy (non-hydrogen) atoms. The van der Waals surface area contributed by atoms with Gasteiger partial charge in [0, 0.05) is 0 Å². The zero-order valence-electron chi connectivity index (χ0n) is 18.5. The molecule has 0 saturated heterocycles. The number of carboxylic acid groups (broad SMARTS) is 1. The molecule has 1 aromatic rings. The standard InChI is InChI=1S/C21H31NO7Se/c1-20(2,3)28-18(25)16(30-12-13-8-10-14(27-7)11-9-13)15(17(23)24)22-19(26)29-21(4,5)6/h8-11,15-16H,12H2,1-7H3,(H,22,26)(H,23,24)/t15-,16?/m0/s1. The Morgan fingerprint density at radius 1 is 1.00 bits per heavy atom. The first kappa shape index (κ1) is 25.8. The Morgan fingerprint density at radius 2 is 1.53 bits per heavy atom. The van der Waals surface area contributed by atoms with Gasteiger partial charge in [0.1, 0.15) is 0 Å². The second-order valence-electron chi connectivity index (χ2n) is 8.58. The fourth-order valence-electron chi connectivity index (χ4n) is 2.27. The van der Waals surface area contributed by atoms with E-state index in [1.54, 1.807) is 60.8 Å². The molecule has 168 valence electrons. The molecule has 1 aromatic carbocycles.